The van der Waals surface area contributed by atoms with Gasteiger partial charge in [-0.1, -0.05) is 24.3 Å². The van der Waals surface area contributed by atoms with Crippen LogP contribution in [-0.4, -0.2) is 22.1 Å². The summed E-state index contributed by atoms with van der Waals surface area (Å²) in [5, 5.41) is 2.97. The van der Waals surface area contributed by atoms with E-state index >= 15 is 0 Å². The molecule has 0 radical (unpaired) electrons. The van der Waals surface area contributed by atoms with Crippen LogP contribution in [0.1, 0.15) is 34.3 Å². The number of ether oxygens (including phenoxy) is 1. The Morgan fingerprint density at radius 2 is 2.00 bits per heavy atom. The van der Waals surface area contributed by atoms with Crippen LogP contribution in [0.4, 0.5) is 5.69 Å². The van der Waals surface area contributed by atoms with Crippen LogP contribution in [0.25, 0.3) is 0 Å². The predicted octanol–water partition coefficient (Wildman–Crippen LogP) is 4.11. The van der Waals surface area contributed by atoms with E-state index in [4.69, 9.17) is 4.74 Å². The maximum atomic E-state index is 12.5. The summed E-state index contributed by atoms with van der Waals surface area (Å²) in [5.74, 6) is 0.643. The highest BCUT2D eigenvalue weighted by Crippen LogP contribution is 2.29. The Hall–Kier alpha value is -2.92. The summed E-state index contributed by atoms with van der Waals surface area (Å²) < 4.78 is 7.72. The molecule has 0 atom stereocenters. The van der Waals surface area contributed by atoms with Crippen molar-refractivity contribution < 1.29 is 9.53 Å². The number of hydrogen-bond acceptors (Lipinski definition) is 3. The summed E-state index contributed by atoms with van der Waals surface area (Å²) in [4.78, 5) is 16.5. The maximum Gasteiger partial charge on any atom is 0.255 e. The molecule has 1 amide bonds. The minimum absolute atomic E-state index is 0.111. The molecule has 1 fully saturated rings. The normalized spacial score (nSPS) is 13.5. The molecule has 1 aliphatic rings. The molecular weight excluding hydrogens is 338 g/mol. The summed E-state index contributed by atoms with van der Waals surface area (Å²) in [6.45, 7) is 2.16. The highest BCUT2D eigenvalue weighted by Gasteiger charge is 2.21. The first kappa shape index (κ1) is 17.5. The predicted molar refractivity (Wildman–Crippen MR) is 105 cm³/mol. The van der Waals surface area contributed by atoms with Crippen LogP contribution in [0.3, 0.4) is 0 Å². The van der Waals surface area contributed by atoms with E-state index in [0.29, 0.717) is 12.2 Å². The van der Waals surface area contributed by atoms with Crippen molar-refractivity contribution >= 4 is 11.6 Å². The number of amides is 1. The van der Waals surface area contributed by atoms with Crippen LogP contribution >= 0.6 is 0 Å². The molecule has 1 aliphatic carbocycles. The van der Waals surface area contributed by atoms with Crippen LogP contribution in [0.5, 0.6) is 0 Å². The Bertz CT molecular complexity index is 884. The zero-order valence-corrected chi connectivity index (χ0v) is 15.2. The van der Waals surface area contributed by atoms with Crippen LogP contribution < -0.4 is 5.32 Å². The molecule has 5 heteroatoms. The number of nitrogens with zero attached hydrogens (tertiary/aromatic N) is 2. The quantitative estimate of drug-likeness (QED) is 0.657. The first-order chi connectivity index (χ1) is 13.3. The van der Waals surface area contributed by atoms with Gasteiger partial charge in [-0.3, -0.25) is 4.79 Å². The van der Waals surface area contributed by atoms with Gasteiger partial charge in [-0.25, -0.2) is 4.98 Å². The lowest BCUT2D eigenvalue weighted by Crippen LogP contribution is -2.12. The average Bonchev–Trinajstić information content (AvgIpc) is 3.36. The molecule has 1 heterocycles. The van der Waals surface area contributed by atoms with Gasteiger partial charge in [0.2, 0.25) is 0 Å². The number of nitrogens with one attached hydrogen (secondary N) is 1. The minimum Gasteiger partial charge on any atom is -0.376 e. The van der Waals surface area contributed by atoms with Gasteiger partial charge >= 0.3 is 0 Å². The largest absolute Gasteiger partial charge is 0.376 e. The van der Waals surface area contributed by atoms with Gasteiger partial charge in [-0.15, -0.1) is 0 Å². The summed E-state index contributed by atoms with van der Waals surface area (Å²) in [6.07, 6.45) is 8.03. The van der Waals surface area contributed by atoms with Gasteiger partial charge in [-0.2, -0.15) is 0 Å². The molecule has 1 N–H and O–H groups in total. The zero-order chi connectivity index (χ0) is 18.5. The van der Waals surface area contributed by atoms with Gasteiger partial charge in [0, 0.05) is 36.8 Å². The molecule has 0 aliphatic heterocycles. The maximum absolute atomic E-state index is 12.5. The van der Waals surface area contributed by atoms with Crippen molar-refractivity contribution in [3.63, 3.8) is 0 Å². The summed E-state index contributed by atoms with van der Waals surface area (Å²) >= 11 is 0. The molecule has 2 aromatic carbocycles. The molecule has 27 heavy (non-hydrogen) atoms. The molecule has 1 aromatic heterocycles. The number of anilines is 1. The smallest absolute Gasteiger partial charge is 0.255 e. The van der Waals surface area contributed by atoms with Gasteiger partial charge in [0.25, 0.3) is 5.91 Å². The first-order valence-electron chi connectivity index (χ1n) is 9.29. The standard InChI is InChI=1S/C22H23N3O2/c26-22(20-8-6-17(7-9-20)13-25-11-10-23-16-25)24-21-3-1-2-19(12-21)15-27-14-18-4-5-18/h1-3,6-12,16,18H,4-5,13-15H2,(H,24,26). The summed E-state index contributed by atoms with van der Waals surface area (Å²) in [6, 6.07) is 15.5. The van der Waals surface area contributed by atoms with E-state index in [2.05, 4.69) is 10.3 Å². The number of imidazole rings is 1. The van der Waals surface area contributed by atoms with E-state index in [9.17, 15) is 4.79 Å². The second-order valence-electron chi connectivity index (χ2n) is 7.04. The van der Waals surface area contributed by atoms with Gasteiger partial charge in [0.1, 0.15) is 0 Å². The molecule has 5 nitrogen and oxygen atoms in total. The Morgan fingerprint density at radius 3 is 2.74 bits per heavy atom. The summed E-state index contributed by atoms with van der Waals surface area (Å²) in [7, 11) is 0. The highest BCUT2D eigenvalue weighted by molar-refractivity contribution is 6.04. The highest BCUT2D eigenvalue weighted by atomic mass is 16.5. The van der Waals surface area contributed by atoms with E-state index in [1.165, 1.54) is 12.8 Å². The lowest BCUT2D eigenvalue weighted by molar-refractivity contribution is 0.102. The van der Waals surface area contributed by atoms with Crippen LogP contribution in [0, 0.1) is 5.92 Å². The fourth-order valence-corrected chi connectivity index (χ4v) is 2.92. The molecular formula is C22H23N3O2. The van der Waals surface area contributed by atoms with E-state index in [-0.39, 0.29) is 5.91 Å². The van der Waals surface area contributed by atoms with Crippen molar-refractivity contribution in [2.24, 2.45) is 5.92 Å². The second-order valence-corrected chi connectivity index (χ2v) is 7.04. The van der Waals surface area contributed by atoms with E-state index in [1.54, 1.807) is 12.5 Å². The molecule has 3 aromatic rings. The Balaban J connectivity index is 1.33. The fourth-order valence-electron chi connectivity index (χ4n) is 2.92. The van der Waals surface area contributed by atoms with Crippen molar-refractivity contribution in [1.29, 1.82) is 0 Å². The average molecular weight is 361 g/mol. The van der Waals surface area contributed by atoms with Gasteiger partial charge in [0.15, 0.2) is 0 Å². The first-order valence-corrected chi connectivity index (χ1v) is 9.29. The van der Waals surface area contributed by atoms with Crippen molar-refractivity contribution in [3.8, 4) is 0 Å². The van der Waals surface area contributed by atoms with Crippen molar-refractivity contribution in [3.05, 3.63) is 83.9 Å². The number of carbonyl (C=O) groups excluding carboxylic acids is 1. The van der Waals surface area contributed by atoms with Gasteiger partial charge < -0.3 is 14.6 Å². The Morgan fingerprint density at radius 1 is 1.15 bits per heavy atom. The van der Waals surface area contributed by atoms with Gasteiger partial charge in [0.05, 0.1) is 12.9 Å². The van der Waals surface area contributed by atoms with Crippen LogP contribution in [0.2, 0.25) is 0 Å². The monoisotopic (exact) mass is 361 g/mol. The Kier molecular flexibility index (Phi) is 5.30. The number of carbonyl (C=O) groups is 1. The van der Waals surface area contributed by atoms with E-state index in [1.807, 2.05) is 59.3 Å². The van der Waals surface area contributed by atoms with Crippen LogP contribution in [0.15, 0.2) is 67.3 Å². The number of rotatable bonds is 8. The third-order valence-corrected chi connectivity index (χ3v) is 4.64. The third-order valence-electron chi connectivity index (χ3n) is 4.64. The molecule has 1 saturated carbocycles. The lowest BCUT2D eigenvalue weighted by atomic mass is 10.1. The molecule has 0 bridgehead atoms. The zero-order valence-electron chi connectivity index (χ0n) is 15.2. The number of hydrogen-bond donors (Lipinski definition) is 1. The molecule has 0 spiro atoms. The van der Waals surface area contributed by atoms with Crippen molar-refractivity contribution in [1.82, 2.24) is 9.55 Å². The van der Waals surface area contributed by atoms with E-state index < -0.39 is 0 Å². The minimum atomic E-state index is -0.111. The molecule has 0 saturated heterocycles. The number of benzene rings is 2. The molecule has 138 valence electrons. The van der Waals surface area contributed by atoms with Crippen molar-refractivity contribution in [2.45, 2.75) is 26.0 Å². The molecule has 0 unspecified atom stereocenters. The third kappa shape index (κ3) is 5.05. The number of aromatic nitrogens is 2. The van der Waals surface area contributed by atoms with Gasteiger partial charge in [-0.05, 0) is 54.2 Å². The topological polar surface area (TPSA) is 56.1 Å². The SMILES string of the molecule is O=C(Nc1cccc(COCC2CC2)c1)c1ccc(Cn2ccnc2)cc1. The van der Waals surface area contributed by atoms with Crippen LogP contribution in [-0.2, 0) is 17.9 Å². The lowest BCUT2D eigenvalue weighted by Gasteiger charge is -2.09. The van der Waals surface area contributed by atoms with E-state index in [0.717, 1.165) is 35.9 Å². The second kappa shape index (κ2) is 8.18. The van der Waals surface area contributed by atoms with Crippen molar-refractivity contribution in [2.75, 3.05) is 11.9 Å². The summed E-state index contributed by atoms with van der Waals surface area (Å²) in [5.41, 5.74) is 3.62. The Labute approximate surface area is 159 Å². The molecule has 4 rings (SSSR count). The fraction of sp³-hybridized carbons (Fsp3) is 0.273.